The van der Waals surface area contributed by atoms with Crippen molar-refractivity contribution in [3.63, 3.8) is 0 Å². The molecule has 0 spiro atoms. The summed E-state index contributed by atoms with van der Waals surface area (Å²) in [5.41, 5.74) is 5.79. The molecule has 24 heavy (non-hydrogen) atoms. The second-order valence-electron chi connectivity index (χ2n) is 5.06. The molecule has 1 aromatic carbocycles. The molecule has 0 atom stereocenters. The average Bonchev–Trinajstić information content (AvgIpc) is 2.50. The molecule has 126 valence electrons. The fraction of sp³-hybridized carbons (Fsp3) is 0.188. The van der Waals surface area contributed by atoms with Crippen LogP contribution in [0.2, 0.25) is 0 Å². The molecule has 1 heterocycles. The van der Waals surface area contributed by atoms with Crippen LogP contribution in [0.5, 0.6) is 0 Å². The zero-order valence-electron chi connectivity index (χ0n) is 12.6. The Morgan fingerprint density at radius 1 is 1.38 bits per heavy atom. The van der Waals surface area contributed by atoms with Gasteiger partial charge in [0, 0.05) is 24.5 Å². The van der Waals surface area contributed by atoms with Gasteiger partial charge < -0.3 is 10.8 Å². The summed E-state index contributed by atoms with van der Waals surface area (Å²) in [6.45, 7) is 1.63. The minimum absolute atomic E-state index is 0.0460. The Hall–Kier alpha value is -2.90. The first-order valence-corrected chi connectivity index (χ1v) is 6.86. The first-order valence-electron chi connectivity index (χ1n) is 6.86. The molecule has 1 aromatic heterocycles. The molecular formula is C16H14F3N3O2. The SMILES string of the molecule is Cc1nc(/C(=C\N)C(=O)O)ncc1Cc1cccc(C(F)(F)F)c1. The molecule has 2 aromatic rings. The van der Waals surface area contributed by atoms with Gasteiger partial charge >= 0.3 is 12.1 Å². The summed E-state index contributed by atoms with van der Waals surface area (Å²) in [7, 11) is 0. The number of aliphatic carboxylic acids is 1. The number of nitrogens with two attached hydrogens (primary N) is 1. The van der Waals surface area contributed by atoms with E-state index in [2.05, 4.69) is 9.97 Å². The molecule has 0 aliphatic rings. The van der Waals surface area contributed by atoms with E-state index in [1.54, 1.807) is 13.0 Å². The monoisotopic (exact) mass is 337 g/mol. The van der Waals surface area contributed by atoms with Crippen LogP contribution in [0.1, 0.15) is 28.2 Å². The zero-order chi connectivity index (χ0) is 17.9. The molecule has 0 saturated heterocycles. The van der Waals surface area contributed by atoms with Crippen molar-refractivity contribution < 1.29 is 23.1 Å². The predicted molar refractivity (Wildman–Crippen MR) is 80.8 cm³/mol. The smallest absolute Gasteiger partial charge is 0.416 e. The largest absolute Gasteiger partial charge is 0.477 e. The fourth-order valence-electron chi connectivity index (χ4n) is 2.11. The molecule has 3 N–H and O–H groups in total. The van der Waals surface area contributed by atoms with Crippen molar-refractivity contribution in [2.24, 2.45) is 5.73 Å². The summed E-state index contributed by atoms with van der Waals surface area (Å²) < 4.78 is 38.2. The van der Waals surface area contributed by atoms with Gasteiger partial charge in [-0.2, -0.15) is 13.2 Å². The summed E-state index contributed by atoms with van der Waals surface area (Å²) >= 11 is 0. The number of aromatic nitrogens is 2. The van der Waals surface area contributed by atoms with Crippen molar-refractivity contribution in [1.82, 2.24) is 9.97 Å². The number of hydrogen-bond donors (Lipinski definition) is 2. The predicted octanol–water partition coefficient (Wildman–Crippen LogP) is 2.78. The molecule has 8 heteroatoms. The van der Waals surface area contributed by atoms with E-state index in [0.717, 1.165) is 18.3 Å². The van der Waals surface area contributed by atoms with Gasteiger partial charge in [0.25, 0.3) is 0 Å². The second-order valence-corrected chi connectivity index (χ2v) is 5.06. The van der Waals surface area contributed by atoms with E-state index in [0.29, 0.717) is 16.8 Å². The molecular weight excluding hydrogens is 323 g/mol. The number of benzene rings is 1. The van der Waals surface area contributed by atoms with E-state index < -0.39 is 17.7 Å². The van der Waals surface area contributed by atoms with Crippen LogP contribution in [-0.2, 0) is 17.4 Å². The summed E-state index contributed by atoms with van der Waals surface area (Å²) in [4.78, 5) is 19.0. The lowest BCUT2D eigenvalue weighted by Gasteiger charge is -2.10. The quantitative estimate of drug-likeness (QED) is 0.838. The number of nitrogens with zero attached hydrogens (tertiary/aromatic N) is 2. The van der Waals surface area contributed by atoms with Gasteiger partial charge in [0.15, 0.2) is 5.82 Å². The minimum atomic E-state index is -4.41. The van der Waals surface area contributed by atoms with Gasteiger partial charge in [-0.05, 0) is 24.1 Å². The van der Waals surface area contributed by atoms with Crippen LogP contribution in [-0.4, -0.2) is 21.0 Å². The summed E-state index contributed by atoms with van der Waals surface area (Å²) in [5, 5.41) is 8.99. The van der Waals surface area contributed by atoms with Gasteiger partial charge in [-0.3, -0.25) is 0 Å². The lowest BCUT2D eigenvalue weighted by atomic mass is 10.0. The van der Waals surface area contributed by atoms with Crippen LogP contribution < -0.4 is 5.73 Å². The highest BCUT2D eigenvalue weighted by atomic mass is 19.4. The molecule has 0 aliphatic heterocycles. The third-order valence-electron chi connectivity index (χ3n) is 3.37. The normalized spacial score (nSPS) is 12.2. The number of carboxylic acid groups (broad SMARTS) is 1. The maximum absolute atomic E-state index is 12.7. The Morgan fingerprint density at radius 2 is 2.08 bits per heavy atom. The number of aryl methyl sites for hydroxylation is 1. The second kappa shape index (κ2) is 6.69. The van der Waals surface area contributed by atoms with Crippen molar-refractivity contribution in [1.29, 1.82) is 0 Å². The van der Waals surface area contributed by atoms with Gasteiger partial charge in [-0.1, -0.05) is 18.2 Å². The van der Waals surface area contributed by atoms with E-state index in [9.17, 15) is 18.0 Å². The fourth-order valence-corrected chi connectivity index (χ4v) is 2.11. The highest BCUT2D eigenvalue weighted by Gasteiger charge is 2.30. The summed E-state index contributed by atoms with van der Waals surface area (Å²) in [6.07, 6.45) is -1.92. The van der Waals surface area contributed by atoms with Gasteiger partial charge in [-0.25, -0.2) is 14.8 Å². The number of alkyl halides is 3. The molecule has 0 fully saturated rings. The van der Waals surface area contributed by atoms with Crippen molar-refractivity contribution in [3.8, 4) is 0 Å². The minimum Gasteiger partial charge on any atom is -0.477 e. The van der Waals surface area contributed by atoms with Crippen LogP contribution in [0.15, 0.2) is 36.7 Å². The van der Waals surface area contributed by atoms with E-state index in [4.69, 9.17) is 10.8 Å². The number of rotatable bonds is 4. The maximum atomic E-state index is 12.7. The number of carboxylic acids is 1. The topological polar surface area (TPSA) is 89.1 Å². The molecule has 0 amide bonds. The third kappa shape index (κ3) is 3.89. The molecule has 0 saturated carbocycles. The Bertz CT molecular complexity index is 801. The van der Waals surface area contributed by atoms with Gasteiger partial charge in [0.05, 0.1) is 5.56 Å². The first kappa shape index (κ1) is 17.5. The van der Waals surface area contributed by atoms with Gasteiger partial charge in [0.1, 0.15) is 5.57 Å². The van der Waals surface area contributed by atoms with E-state index in [-0.39, 0.29) is 17.8 Å². The van der Waals surface area contributed by atoms with E-state index in [1.165, 1.54) is 12.3 Å². The van der Waals surface area contributed by atoms with Crippen LogP contribution in [0.4, 0.5) is 13.2 Å². The van der Waals surface area contributed by atoms with Crippen LogP contribution in [0, 0.1) is 6.92 Å². The van der Waals surface area contributed by atoms with Crippen molar-refractivity contribution in [2.75, 3.05) is 0 Å². The van der Waals surface area contributed by atoms with Crippen molar-refractivity contribution in [2.45, 2.75) is 19.5 Å². The molecule has 5 nitrogen and oxygen atoms in total. The van der Waals surface area contributed by atoms with Crippen LogP contribution in [0.25, 0.3) is 5.57 Å². The lowest BCUT2D eigenvalue weighted by Crippen LogP contribution is -2.09. The van der Waals surface area contributed by atoms with Gasteiger partial charge in [-0.15, -0.1) is 0 Å². The Kier molecular flexibility index (Phi) is 4.87. The van der Waals surface area contributed by atoms with Crippen molar-refractivity contribution in [3.05, 3.63) is 64.9 Å². The number of carbonyl (C=O) groups is 1. The average molecular weight is 337 g/mol. The molecule has 2 rings (SSSR count). The highest BCUT2D eigenvalue weighted by Crippen LogP contribution is 2.30. The maximum Gasteiger partial charge on any atom is 0.416 e. The molecule has 0 unspecified atom stereocenters. The summed E-state index contributed by atoms with van der Waals surface area (Å²) in [5.74, 6) is -1.31. The molecule has 0 aliphatic carbocycles. The summed E-state index contributed by atoms with van der Waals surface area (Å²) in [6, 6.07) is 4.98. The standard InChI is InChI=1S/C16H14F3N3O2/c1-9-11(8-21-14(22-9)13(7-20)15(23)24)5-10-3-2-4-12(6-10)16(17,18)19/h2-4,6-8H,5,20H2,1H3,(H,23,24)/b13-7+. The Balaban J connectivity index is 2.30. The Morgan fingerprint density at radius 3 is 2.62 bits per heavy atom. The molecule has 0 bridgehead atoms. The number of halogens is 3. The van der Waals surface area contributed by atoms with Crippen LogP contribution >= 0.6 is 0 Å². The van der Waals surface area contributed by atoms with E-state index in [1.807, 2.05) is 0 Å². The zero-order valence-corrected chi connectivity index (χ0v) is 12.6. The van der Waals surface area contributed by atoms with Gasteiger partial charge in [0.2, 0.25) is 0 Å². The Labute approximate surface area is 135 Å². The van der Waals surface area contributed by atoms with Crippen LogP contribution in [0.3, 0.4) is 0 Å². The van der Waals surface area contributed by atoms with Crippen molar-refractivity contribution >= 4 is 11.5 Å². The highest BCUT2D eigenvalue weighted by molar-refractivity contribution is 6.13. The lowest BCUT2D eigenvalue weighted by molar-refractivity contribution is -0.137. The molecule has 0 radical (unpaired) electrons. The number of hydrogen-bond acceptors (Lipinski definition) is 4. The van der Waals surface area contributed by atoms with E-state index >= 15 is 0 Å². The third-order valence-corrected chi connectivity index (χ3v) is 3.37. The first-order chi connectivity index (χ1) is 11.2.